The number of non-ortho nitro benzene ring substituents is 1. The molecule has 9 heteroatoms. The van der Waals surface area contributed by atoms with Gasteiger partial charge in [0.1, 0.15) is 0 Å². The van der Waals surface area contributed by atoms with Gasteiger partial charge in [-0.15, -0.1) is 0 Å². The van der Waals surface area contributed by atoms with Crippen molar-refractivity contribution in [3.8, 4) is 0 Å². The van der Waals surface area contributed by atoms with E-state index in [2.05, 4.69) is 10.3 Å². The molecule has 0 fully saturated rings. The number of allylic oxidation sites excluding steroid dienone is 2. The highest BCUT2D eigenvalue weighted by molar-refractivity contribution is 6.00. The molecule has 2 aromatic rings. The summed E-state index contributed by atoms with van der Waals surface area (Å²) in [5.74, 6) is -2.08. The van der Waals surface area contributed by atoms with E-state index >= 15 is 0 Å². The Kier molecular flexibility index (Phi) is 8.35. The molecular weight excluding hydrogens is 450 g/mol. The predicted octanol–water partition coefficient (Wildman–Crippen LogP) is 4.35. The molecule has 1 N–H and O–H groups in total. The summed E-state index contributed by atoms with van der Waals surface area (Å²) in [5.41, 5.74) is 2.77. The summed E-state index contributed by atoms with van der Waals surface area (Å²) in [6.07, 6.45) is 4.36. The molecule has 1 aromatic carbocycles. The molecule has 0 bridgehead atoms. The Morgan fingerprint density at radius 2 is 1.83 bits per heavy atom. The number of aryl methyl sites for hydroxylation is 1. The number of ether oxygens (including phenoxy) is 2. The number of carbonyl (C=O) groups is 2. The molecule has 0 saturated heterocycles. The lowest BCUT2D eigenvalue weighted by atomic mass is 9.80. The number of hydrogen-bond acceptors (Lipinski definition) is 8. The van der Waals surface area contributed by atoms with Crippen molar-refractivity contribution >= 4 is 17.6 Å². The predicted molar refractivity (Wildman–Crippen MR) is 129 cm³/mol. The average Bonchev–Trinajstić information content (AvgIpc) is 2.81. The number of hydrogen-bond donors (Lipinski definition) is 1. The van der Waals surface area contributed by atoms with Gasteiger partial charge in [0.15, 0.2) is 0 Å². The molecule has 1 unspecified atom stereocenters. The van der Waals surface area contributed by atoms with Crippen molar-refractivity contribution < 1.29 is 24.0 Å². The minimum absolute atomic E-state index is 0.142. The molecule has 9 nitrogen and oxygen atoms in total. The Labute approximate surface area is 204 Å². The number of pyridine rings is 1. The second-order valence-electron chi connectivity index (χ2n) is 8.54. The first-order chi connectivity index (χ1) is 16.7. The number of rotatable bonds is 9. The Bertz CT molecular complexity index is 1170. The zero-order valence-electron chi connectivity index (χ0n) is 20.2. The van der Waals surface area contributed by atoms with Crippen LogP contribution in [0.15, 0.2) is 71.3 Å². The molecule has 0 spiro atoms. The number of benzene rings is 1. The lowest BCUT2D eigenvalue weighted by Crippen LogP contribution is -2.33. The number of esters is 2. The van der Waals surface area contributed by atoms with Gasteiger partial charge in [0.25, 0.3) is 5.69 Å². The van der Waals surface area contributed by atoms with Crippen LogP contribution in [0.3, 0.4) is 0 Å². The molecular formula is C26H29N3O6. The topological polar surface area (TPSA) is 121 Å². The number of dihydropyridines is 1. The molecule has 35 heavy (non-hydrogen) atoms. The van der Waals surface area contributed by atoms with Crippen LogP contribution in [0.2, 0.25) is 0 Å². The summed E-state index contributed by atoms with van der Waals surface area (Å²) in [5, 5.41) is 14.5. The number of nitro groups is 1. The third kappa shape index (κ3) is 6.32. The van der Waals surface area contributed by atoms with Gasteiger partial charge in [-0.25, -0.2) is 9.59 Å². The highest BCUT2D eigenvalue weighted by atomic mass is 16.6. The molecule has 0 aliphatic carbocycles. The Morgan fingerprint density at radius 1 is 1.11 bits per heavy atom. The maximum Gasteiger partial charge on any atom is 0.337 e. The minimum atomic E-state index is -0.881. The monoisotopic (exact) mass is 479 g/mol. The van der Waals surface area contributed by atoms with E-state index in [4.69, 9.17) is 9.47 Å². The van der Waals surface area contributed by atoms with Gasteiger partial charge in [-0.2, -0.15) is 0 Å². The van der Waals surface area contributed by atoms with Crippen molar-refractivity contribution in [2.75, 3.05) is 6.61 Å². The van der Waals surface area contributed by atoms with Gasteiger partial charge in [0.05, 0.1) is 34.7 Å². The second-order valence-corrected chi connectivity index (χ2v) is 8.54. The molecule has 1 aromatic heterocycles. The van der Waals surface area contributed by atoms with Crippen molar-refractivity contribution in [2.24, 2.45) is 0 Å². The van der Waals surface area contributed by atoms with Crippen LogP contribution in [-0.4, -0.2) is 34.6 Å². The molecule has 1 aliphatic rings. The Hall–Kier alpha value is -4.01. The first-order valence-electron chi connectivity index (χ1n) is 11.4. The van der Waals surface area contributed by atoms with Crippen molar-refractivity contribution in [2.45, 2.75) is 52.6 Å². The standard InChI is InChI=1S/C26H29N3O6/c1-16(2)35-26(31)23-18(4)28-17(3)22(24(23)20-10-5-11-21(14-20)29(32)33)25(30)34-13-7-9-19-8-6-12-27-15-19/h5-6,8,10-12,14-16,24,28H,7,9,13H2,1-4H3. The van der Waals surface area contributed by atoms with Crippen LogP contribution in [0, 0.1) is 10.1 Å². The summed E-state index contributed by atoms with van der Waals surface area (Å²) < 4.78 is 11.0. The molecule has 0 amide bonds. The fourth-order valence-corrected chi connectivity index (χ4v) is 4.03. The summed E-state index contributed by atoms with van der Waals surface area (Å²) in [6, 6.07) is 9.71. The van der Waals surface area contributed by atoms with Gasteiger partial charge in [-0.3, -0.25) is 15.1 Å². The van der Waals surface area contributed by atoms with E-state index in [9.17, 15) is 19.7 Å². The van der Waals surface area contributed by atoms with E-state index in [-0.39, 0.29) is 29.5 Å². The summed E-state index contributed by atoms with van der Waals surface area (Å²) in [7, 11) is 0. The van der Waals surface area contributed by atoms with Crippen LogP contribution in [-0.2, 0) is 25.5 Å². The maximum atomic E-state index is 13.3. The zero-order valence-corrected chi connectivity index (χ0v) is 20.2. The maximum absolute atomic E-state index is 13.3. The Balaban J connectivity index is 1.91. The van der Waals surface area contributed by atoms with Crippen LogP contribution < -0.4 is 5.32 Å². The van der Waals surface area contributed by atoms with Crippen molar-refractivity contribution in [1.82, 2.24) is 10.3 Å². The smallest absolute Gasteiger partial charge is 0.337 e. The normalized spacial score (nSPS) is 15.6. The van der Waals surface area contributed by atoms with E-state index in [1.807, 2.05) is 12.1 Å². The van der Waals surface area contributed by atoms with Crippen LogP contribution >= 0.6 is 0 Å². The van der Waals surface area contributed by atoms with Crippen LogP contribution in [0.25, 0.3) is 0 Å². The number of carbonyl (C=O) groups excluding carboxylic acids is 2. The molecule has 1 aliphatic heterocycles. The van der Waals surface area contributed by atoms with Crippen molar-refractivity contribution in [3.05, 3.63) is 92.6 Å². The number of nitro benzene ring substituents is 1. The van der Waals surface area contributed by atoms with E-state index in [0.29, 0.717) is 29.8 Å². The van der Waals surface area contributed by atoms with Gasteiger partial charge in [-0.05, 0) is 57.7 Å². The van der Waals surface area contributed by atoms with Crippen molar-refractivity contribution in [3.63, 3.8) is 0 Å². The molecule has 1 atom stereocenters. The first kappa shape index (κ1) is 25.6. The minimum Gasteiger partial charge on any atom is -0.462 e. The zero-order chi connectivity index (χ0) is 25.5. The van der Waals surface area contributed by atoms with E-state index in [1.54, 1.807) is 46.2 Å². The van der Waals surface area contributed by atoms with Gasteiger partial charge in [-0.1, -0.05) is 18.2 Å². The molecule has 0 saturated carbocycles. The van der Waals surface area contributed by atoms with Gasteiger partial charge >= 0.3 is 11.9 Å². The highest BCUT2D eigenvalue weighted by Crippen LogP contribution is 2.40. The first-order valence-corrected chi connectivity index (χ1v) is 11.4. The average molecular weight is 480 g/mol. The van der Waals surface area contributed by atoms with Crippen LogP contribution in [0.5, 0.6) is 0 Å². The Morgan fingerprint density at radius 3 is 2.46 bits per heavy atom. The quantitative estimate of drug-likeness (QED) is 0.244. The van der Waals surface area contributed by atoms with Crippen molar-refractivity contribution in [1.29, 1.82) is 0 Å². The van der Waals surface area contributed by atoms with Crippen LogP contribution in [0.1, 0.15) is 51.2 Å². The third-order valence-corrected chi connectivity index (χ3v) is 5.52. The van der Waals surface area contributed by atoms with Crippen LogP contribution in [0.4, 0.5) is 5.69 Å². The van der Waals surface area contributed by atoms with E-state index in [1.165, 1.54) is 18.2 Å². The fraction of sp³-hybridized carbons (Fsp3) is 0.346. The SMILES string of the molecule is CC1=C(C(=O)OCCCc2cccnc2)C(c2cccc([N+](=O)[O-])c2)C(C(=O)OC(C)C)=C(C)N1. The lowest BCUT2D eigenvalue weighted by molar-refractivity contribution is -0.384. The van der Waals surface area contributed by atoms with E-state index < -0.39 is 22.8 Å². The molecule has 3 rings (SSSR count). The second kappa shape index (κ2) is 11.4. The molecule has 0 radical (unpaired) electrons. The summed E-state index contributed by atoms with van der Waals surface area (Å²) in [4.78, 5) is 41.3. The largest absolute Gasteiger partial charge is 0.462 e. The van der Waals surface area contributed by atoms with Gasteiger partial charge in [0.2, 0.25) is 0 Å². The fourth-order valence-electron chi connectivity index (χ4n) is 4.03. The lowest BCUT2D eigenvalue weighted by Gasteiger charge is -2.30. The third-order valence-electron chi connectivity index (χ3n) is 5.52. The molecule has 2 heterocycles. The summed E-state index contributed by atoms with van der Waals surface area (Å²) >= 11 is 0. The number of nitrogens with one attached hydrogen (secondary N) is 1. The number of nitrogens with zero attached hydrogens (tertiary/aromatic N) is 2. The van der Waals surface area contributed by atoms with E-state index in [0.717, 1.165) is 5.56 Å². The highest BCUT2D eigenvalue weighted by Gasteiger charge is 2.38. The van der Waals surface area contributed by atoms with Gasteiger partial charge < -0.3 is 14.8 Å². The molecule has 184 valence electrons. The summed E-state index contributed by atoms with van der Waals surface area (Å²) in [6.45, 7) is 7.04. The number of aromatic nitrogens is 1. The van der Waals surface area contributed by atoms with Gasteiger partial charge in [0, 0.05) is 35.9 Å².